The number of hydrogen-bond acceptors (Lipinski definition) is 5. The van der Waals surface area contributed by atoms with Crippen molar-refractivity contribution in [2.24, 2.45) is 0 Å². The van der Waals surface area contributed by atoms with Crippen LogP contribution in [0.25, 0.3) is 0 Å². The summed E-state index contributed by atoms with van der Waals surface area (Å²) in [6, 6.07) is 0. The zero-order valence-electron chi connectivity index (χ0n) is 9.68. The van der Waals surface area contributed by atoms with Crippen LogP contribution in [0.4, 0.5) is 0 Å². The van der Waals surface area contributed by atoms with Gasteiger partial charge in [-0.25, -0.2) is 8.98 Å². The summed E-state index contributed by atoms with van der Waals surface area (Å²) < 4.78 is 38.7. The third-order valence-electron chi connectivity index (χ3n) is 1.95. The van der Waals surface area contributed by atoms with E-state index in [9.17, 15) is 13.2 Å². The number of hydrogen-bond donors (Lipinski definition) is 1. The minimum atomic E-state index is -4.58. The van der Waals surface area contributed by atoms with E-state index in [0.29, 0.717) is 0 Å². The van der Waals surface area contributed by atoms with Gasteiger partial charge in [-0.05, 0) is 27.7 Å². The van der Waals surface area contributed by atoms with E-state index in [0.717, 1.165) is 0 Å². The summed E-state index contributed by atoms with van der Waals surface area (Å²) >= 11 is 0. The van der Waals surface area contributed by atoms with Crippen LogP contribution in [0.2, 0.25) is 0 Å². The highest BCUT2D eigenvalue weighted by Gasteiger charge is 2.34. The van der Waals surface area contributed by atoms with Gasteiger partial charge in [-0.2, -0.15) is 8.42 Å². The maximum Gasteiger partial charge on any atom is 0.397 e. The molecule has 0 aromatic rings. The van der Waals surface area contributed by atoms with Gasteiger partial charge < -0.3 is 4.74 Å². The van der Waals surface area contributed by atoms with E-state index >= 15 is 0 Å². The third kappa shape index (κ3) is 5.24. The zero-order chi connectivity index (χ0) is 13.1. The van der Waals surface area contributed by atoms with Crippen LogP contribution in [0.3, 0.4) is 0 Å². The SMILES string of the molecule is C=C(C)C(=O)OC(C)(C)C(C)OS(=O)(=O)O. The van der Waals surface area contributed by atoms with Gasteiger partial charge >= 0.3 is 16.4 Å². The zero-order valence-corrected chi connectivity index (χ0v) is 10.5. The van der Waals surface area contributed by atoms with Crippen molar-refractivity contribution >= 4 is 16.4 Å². The van der Waals surface area contributed by atoms with E-state index in [-0.39, 0.29) is 5.57 Å². The molecule has 0 aromatic carbocycles. The average Bonchev–Trinajstić information content (AvgIpc) is 1.99. The molecular weight excluding hydrogens is 236 g/mol. The van der Waals surface area contributed by atoms with E-state index in [2.05, 4.69) is 10.8 Å². The Morgan fingerprint density at radius 3 is 2.19 bits per heavy atom. The van der Waals surface area contributed by atoms with Crippen LogP contribution in [0.1, 0.15) is 27.7 Å². The lowest BCUT2D eigenvalue weighted by molar-refractivity contribution is -0.159. The molecule has 0 rings (SSSR count). The first-order valence-corrected chi connectivity index (χ1v) is 5.87. The predicted molar refractivity (Wildman–Crippen MR) is 57.1 cm³/mol. The van der Waals surface area contributed by atoms with Gasteiger partial charge in [0.25, 0.3) is 0 Å². The molecule has 7 heteroatoms. The summed E-state index contributed by atoms with van der Waals surface area (Å²) in [6.07, 6.45) is -1.02. The smallest absolute Gasteiger partial charge is 0.397 e. The van der Waals surface area contributed by atoms with Crippen LogP contribution in [-0.2, 0) is 24.1 Å². The topological polar surface area (TPSA) is 89.9 Å². The van der Waals surface area contributed by atoms with Crippen LogP contribution in [0.5, 0.6) is 0 Å². The second-order valence-corrected chi connectivity index (χ2v) is 4.99. The molecule has 0 saturated heterocycles. The Kier molecular flexibility index (Phi) is 4.66. The molecule has 1 unspecified atom stereocenters. The minimum Gasteiger partial charge on any atom is -0.454 e. The molecule has 6 nitrogen and oxygen atoms in total. The molecule has 0 bridgehead atoms. The standard InChI is InChI=1S/C9H16O6S/c1-6(2)8(10)14-9(4,5)7(3)15-16(11,12)13/h7H,1H2,2-5H3,(H,11,12,13). The van der Waals surface area contributed by atoms with Crippen molar-refractivity contribution in [2.45, 2.75) is 39.4 Å². The highest BCUT2D eigenvalue weighted by atomic mass is 32.3. The van der Waals surface area contributed by atoms with Gasteiger partial charge in [0.05, 0.1) is 0 Å². The van der Waals surface area contributed by atoms with E-state index < -0.39 is 28.1 Å². The lowest BCUT2D eigenvalue weighted by Crippen LogP contribution is -2.41. The summed E-state index contributed by atoms with van der Waals surface area (Å²) in [5.74, 6) is -0.657. The lowest BCUT2D eigenvalue weighted by Gasteiger charge is -2.30. The largest absolute Gasteiger partial charge is 0.454 e. The molecule has 0 radical (unpaired) electrons. The number of esters is 1. The van der Waals surface area contributed by atoms with Gasteiger partial charge in [-0.3, -0.25) is 4.55 Å². The Balaban J connectivity index is 4.66. The maximum atomic E-state index is 11.2. The Bertz CT molecular complexity index is 381. The summed E-state index contributed by atoms with van der Waals surface area (Å²) in [7, 11) is -4.58. The van der Waals surface area contributed by atoms with Gasteiger partial charge in [0, 0.05) is 5.57 Å². The first kappa shape index (κ1) is 15.1. The fourth-order valence-corrected chi connectivity index (χ4v) is 1.30. The van der Waals surface area contributed by atoms with Gasteiger partial charge in [-0.1, -0.05) is 6.58 Å². The summed E-state index contributed by atoms with van der Waals surface area (Å²) in [4.78, 5) is 11.2. The van der Waals surface area contributed by atoms with Crippen molar-refractivity contribution in [3.05, 3.63) is 12.2 Å². The quantitative estimate of drug-likeness (QED) is 0.447. The van der Waals surface area contributed by atoms with Gasteiger partial charge in [0.2, 0.25) is 0 Å². The molecule has 0 aliphatic rings. The Morgan fingerprint density at radius 2 is 1.88 bits per heavy atom. The van der Waals surface area contributed by atoms with Gasteiger partial charge in [-0.15, -0.1) is 0 Å². The van der Waals surface area contributed by atoms with Gasteiger partial charge in [0.15, 0.2) is 0 Å². The molecule has 0 amide bonds. The first-order valence-electron chi connectivity index (χ1n) is 4.50. The molecule has 0 fully saturated rings. The fourth-order valence-electron chi connectivity index (χ4n) is 0.707. The van der Waals surface area contributed by atoms with Crippen LogP contribution in [0.15, 0.2) is 12.2 Å². The molecule has 0 aliphatic carbocycles. The molecule has 0 saturated carbocycles. The Hall–Kier alpha value is -0.920. The van der Waals surface area contributed by atoms with Crippen LogP contribution >= 0.6 is 0 Å². The molecule has 0 spiro atoms. The number of rotatable bonds is 5. The van der Waals surface area contributed by atoms with Crippen molar-refractivity contribution in [1.82, 2.24) is 0 Å². The van der Waals surface area contributed by atoms with E-state index in [1.165, 1.54) is 27.7 Å². The number of carbonyl (C=O) groups excluding carboxylic acids is 1. The highest BCUT2D eigenvalue weighted by molar-refractivity contribution is 7.80. The van der Waals surface area contributed by atoms with E-state index in [4.69, 9.17) is 9.29 Å². The number of carbonyl (C=O) groups is 1. The van der Waals surface area contributed by atoms with Crippen molar-refractivity contribution in [1.29, 1.82) is 0 Å². The molecule has 94 valence electrons. The fraction of sp³-hybridized carbons (Fsp3) is 0.667. The van der Waals surface area contributed by atoms with E-state index in [1.807, 2.05) is 0 Å². The number of ether oxygens (including phenoxy) is 1. The monoisotopic (exact) mass is 252 g/mol. The Labute approximate surface area is 95.2 Å². The normalized spacial score (nSPS) is 14.3. The van der Waals surface area contributed by atoms with Crippen molar-refractivity contribution in [2.75, 3.05) is 0 Å². The summed E-state index contributed by atoms with van der Waals surface area (Å²) in [5.41, 5.74) is -1.02. The average molecular weight is 252 g/mol. The highest BCUT2D eigenvalue weighted by Crippen LogP contribution is 2.20. The van der Waals surface area contributed by atoms with Crippen LogP contribution in [-0.4, -0.2) is 30.6 Å². The van der Waals surface area contributed by atoms with Gasteiger partial charge in [0.1, 0.15) is 11.7 Å². The lowest BCUT2D eigenvalue weighted by atomic mass is 10.0. The molecule has 0 aliphatic heterocycles. The molecular formula is C9H16O6S. The second-order valence-electron chi connectivity index (χ2n) is 3.94. The van der Waals surface area contributed by atoms with Crippen LogP contribution in [0, 0.1) is 0 Å². The molecule has 1 N–H and O–H groups in total. The van der Waals surface area contributed by atoms with E-state index in [1.54, 1.807) is 0 Å². The maximum absolute atomic E-state index is 11.2. The van der Waals surface area contributed by atoms with Crippen molar-refractivity contribution in [3.8, 4) is 0 Å². The van der Waals surface area contributed by atoms with Crippen LogP contribution < -0.4 is 0 Å². The molecule has 16 heavy (non-hydrogen) atoms. The Morgan fingerprint density at radius 1 is 1.44 bits per heavy atom. The summed E-state index contributed by atoms with van der Waals surface area (Å²) in [6.45, 7) is 9.14. The van der Waals surface area contributed by atoms with Crippen molar-refractivity contribution < 1.29 is 26.7 Å². The second kappa shape index (κ2) is 4.94. The minimum absolute atomic E-state index is 0.187. The molecule has 1 atom stereocenters. The summed E-state index contributed by atoms with van der Waals surface area (Å²) in [5, 5.41) is 0. The molecule has 0 heterocycles. The van der Waals surface area contributed by atoms with Crippen molar-refractivity contribution in [3.63, 3.8) is 0 Å². The molecule has 0 aromatic heterocycles. The predicted octanol–water partition coefficient (Wildman–Crippen LogP) is 1.09. The first-order chi connectivity index (χ1) is 6.96. The third-order valence-corrected chi connectivity index (χ3v) is 2.48.